The molecule has 1 aliphatic carbocycles. The van der Waals surface area contributed by atoms with Gasteiger partial charge in [-0.15, -0.1) is 0 Å². The normalized spacial score (nSPS) is 25.3. The van der Waals surface area contributed by atoms with Crippen LogP contribution in [0.4, 0.5) is 4.39 Å². The average Bonchev–Trinajstić information content (AvgIpc) is 2.91. The van der Waals surface area contributed by atoms with Crippen LogP contribution in [0.15, 0.2) is 12.1 Å². The summed E-state index contributed by atoms with van der Waals surface area (Å²) in [6.45, 7) is 1.72. The summed E-state index contributed by atoms with van der Waals surface area (Å²) in [4.78, 5) is 10.5. The maximum Gasteiger partial charge on any atom is 0.303 e. The first kappa shape index (κ1) is 24.1. The first-order valence-electron chi connectivity index (χ1n) is 10.4. The van der Waals surface area contributed by atoms with E-state index in [4.69, 9.17) is 16.7 Å². The van der Waals surface area contributed by atoms with Crippen molar-refractivity contribution in [2.75, 3.05) is 0 Å². The highest BCUT2D eigenvalue weighted by Crippen LogP contribution is 2.40. The van der Waals surface area contributed by atoms with Gasteiger partial charge in [0, 0.05) is 6.42 Å². The van der Waals surface area contributed by atoms with E-state index in [2.05, 4.69) is 0 Å². The Morgan fingerprint density at radius 2 is 1.76 bits per heavy atom. The predicted octanol–water partition coefficient (Wildman–Crippen LogP) is 4.38. The Hall–Kier alpha value is -1.21. The molecule has 1 aliphatic rings. The number of carbonyl (C=O) groups is 1. The Morgan fingerprint density at radius 3 is 2.41 bits per heavy atom. The van der Waals surface area contributed by atoms with Crippen LogP contribution in [0.5, 0.6) is 0 Å². The molecule has 29 heavy (non-hydrogen) atoms. The van der Waals surface area contributed by atoms with E-state index >= 15 is 0 Å². The molecule has 0 radical (unpaired) electrons. The van der Waals surface area contributed by atoms with E-state index in [1.807, 2.05) is 0 Å². The fourth-order valence-corrected chi connectivity index (χ4v) is 4.69. The Balaban J connectivity index is 1.87. The van der Waals surface area contributed by atoms with Crippen LogP contribution in [0.2, 0.25) is 5.02 Å². The molecule has 1 fully saturated rings. The third-order valence-corrected chi connectivity index (χ3v) is 6.43. The minimum Gasteiger partial charge on any atom is -0.481 e. The van der Waals surface area contributed by atoms with E-state index in [1.165, 1.54) is 12.1 Å². The van der Waals surface area contributed by atoms with Gasteiger partial charge in [-0.3, -0.25) is 4.79 Å². The van der Waals surface area contributed by atoms with E-state index in [9.17, 15) is 24.5 Å². The lowest BCUT2D eigenvalue weighted by molar-refractivity contribution is -0.137. The number of halogens is 2. The Labute approximate surface area is 176 Å². The van der Waals surface area contributed by atoms with Gasteiger partial charge in [-0.2, -0.15) is 0 Å². The molecule has 5 nitrogen and oxygen atoms in total. The molecule has 0 heterocycles. The molecule has 1 saturated carbocycles. The zero-order valence-electron chi connectivity index (χ0n) is 16.9. The van der Waals surface area contributed by atoms with Crippen LogP contribution in [0.25, 0.3) is 0 Å². The van der Waals surface area contributed by atoms with Crippen LogP contribution in [0.1, 0.15) is 75.0 Å². The minimum atomic E-state index is -0.810. The molecule has 7 heteroatoms. The maximum atomic E-state index is 13.5. The van der Waals surface area contributed by atoms with Gasteiger partial charge in [0.1, 0.15) is 5.82 Å². The first-order chi connectivity index (χ1) is 13.7. The van der Waals surface area contributed by atoms with Gasteiger partial charge in [0.25, 0.3) is 0 Å². The second kappa shape index (κ2) is 11.3. The van der Waals surface area contributed by atoms with Crippen LogP contribution >= 0.6 is 11.6 Å². The lowest BCUT2D eigenvalue weighted by Gasteiger charge is -2.25. The Kier molecular flexibility index (Phi) is 9.34. The first-order valence-corrected chi connectivity index (χ1v) is 10.8. The van der Waals surface area contributed by atoms with Crippen molar-refractivity contribution in [3.63, 3.8) is 0 Å². The van der Waals surface area contributed by atoms with Crippen molar-refractivity contribution in [1.82, 2.24) is 0 Å². The average molecular weight is 431 g/mol. The summed E-state index contributed by atoms with van der Waals surface area (Å²) >= 11 is 5.84. The second-order valence-electron chi connectivity index (χ2n) is 8.26. The molecule has 0 bridgehead atoms. The van der Waals surface area contributed by atoms with Crippen molar-refractivity contribution in [3.05, 3.63) is 34.1 Å². The van der Waals surface area contributed by atoms with Gasteiger partial charge in [-0.1, -0.05) is 30.9 Å². The van der Waals surface area contributed by atoms with Crippen LogP contribution in [-0.4, -0.2) is 38.6 Å². The molecule has 0 aliphatic heterocycles. The molecule has 164 valence electrons. The number of aliphatic carboxylic acids is 1. The fourth-order valence-electron chi connectivity index (χ4n) is 4.52. The smallest absolute Gasteiger partial charge is 0.303 e. The topological polar surface area (TPSA) is 98.0 Å². The van der Waals surface area contributed by atoms with Crippen molar-refractivity contribution in [3.8, 4) is 0 Å². The van der Waals surface area contributed by atoms with E-state index in [0.29, 0.717) is 36.8 Å². The molecular formula is C22H32ClFO5. The maximum absolute atomic E-state index is 13.5. The summed E-state index contributed by atoms with van der Waals surface area (Å²) in [5.41, 5.74) is 1.21. The molecule has 4 N–H and O–H groups in total. The van der Waals surface area contributed by atoms with Gasteiger partial charge in [0.05, 0.1) is 23.3 Å². The van der Waals surface area contributed by atoms with Gasteiger partial charge in [-0.05, 0) is 74.1 Å². The summed E-state index contributed by atoms with van der Waals surface area (Å²) < 4.78 is 13.5. The van der Waals surface area contributed by atoms with E-state index in [0.717, 1.165) is 25.7 Å². The summed E-state index contributed by atoms with van der Waals surface area (Å²) in [6.07, 6.45) is 3.53. The number of benzene rings is 1. The largest absolute Gasteiger partial charge is 0.481 e. The molecule has 0 spiro atoms. The van der Waals surface area contributed by atoms with Crippen LogP contribution < -0.4 is 0 Å². The number of unbranched alkanes of at least 4 members (excludes halogenated alkanes) is 3. The van der Waals surface area contributed by atoms with Crippen molar-refractivity contribution >= 4 is 17.6 Å². The molecule has 2 rings (SSSR count). The van der Waals surface area contributed by atoms with Crippen molar-refractivity contribution < 1.29 is 29.6 Å². The van der Waals surface area contributed by atoms with E-state index in [1.54, 1.807) is 6.92 Å². The van der Waals surface area contributed by atoms with Gasteiger partial charge in [-0.25, -0.2) is 4.39 Å². The van der Waals surface area contributed by atoms with Gasteiger partial charge < -0.3 is 20.4 Å². The minimum absolute atomic E-state index is 0.0262. The third-order valence-electron chi connectivity index (χ3n) is 6.14. The van der Waals surface area contributed by atoms with Crippen LogP contribution in [0, 0.1) is 24.6 Å². The fraction of sp³-hybridized carbons (Fsp3) is 0.682. The zero-order chi connectivity index (χ0) is 21.6. The van der Waals surface area contributed by atoms with Crippen molar-refractivity contribution in [2.45, 2.75) is 83.0 Å². The van der Waals surface area contributed by atoms with Gasteiger partial charge in [0.2, 0.25) is 0 Å². The molecule has 0 aromatic heterocycles. The number of hydrogen-bond donors (Lipinski definition) is 4. The number of hydrogen-bond acceptors (Lipinski definition) is 4. The number of rotatable bonds is 11. The number of carboxylic acids is 1. The quantitative estimate of drug-likeness (QED) is 0.390. The number of aliphatic hydroxyl groups excluding tert-OH is 3. The lowest BCUT2D eigenvalue weighted by atomic mass is 9.84. The van der Waals surface area contributed by atoms with Crippen LogP contribution in [0.3, 0.4) is 0 Å². The summed E-state index contributed by atoms with van der Waals surface area (Å²) in [5.74, 6) is -1.43. The van der Waals surface area contributed by atoms with Crippen molar-refractivity contribution in [1.29, 1.82) is 0 Å². The molecular weight excluding hydrogens is 399 g/mol. The van der Waals surface area contributed by atoms with Crippen molar-refractivity contribution in [2.24, 2.45) is 11.8 Å². The SMILES string of the molecule is Cc1cc(F)c(Cl)cc1C(O)CCC1C(O)CC(O)C1CCCCCCC(=O)O. The standard InChI is InChI=1S/C22H32ClFO5/c1-13-10-18(24)17(23)11-16(13)19(25)9-8-15-14(20(26)12-21(15)27)6-4-2-3-5-7-22(28)29/h10-11,14-15,19-21,25-27H,2-9,12H2,1H3,(H,28,29). The summed E-state index contributed by atoms with van der Waals surface area (Å²) in [5, 5.41) is 39.9. The van der Waals surface area contributed by atoms with E-state index < -0.39 is 30.1 Å². The Morgan fingerprint density at radius 1 is 1.14 bits per heavy atom. The summed E-state index contributed by atoms with van der Waals surface area (Å²) in [6, 6.07) is 2.76. The molecule has 0 saturated heterocycles. The van der Waals surface area contributed by atoms with E-state index in [-0.39, 0.29) is 23.3 Å². The highest BCUT2D eigenvalue weighted by molar-refractivity contribution is 6.30. The molecule has 5 atom stereocenters. The highest BCUT2D eigenvalue weighted by Gasteiger charge is 2.40. The molecule has 5 unspecified atom stereocenters. The molecule has 0 amide bonds. The van der Waals surface area contributed by atoms with Crippen LogP contribution in [-0.2, 0) is 4.79 Å². The number of aliphatic hydroxyl groups is 3. The predicted molar refractivity (Wildman–Crippen MR) is 109 cm³/mol. The molecule has 1 aromatic carbocycles. The third kappa shape index (κ3) is 6.92. The Bertz CT molecular complexity index is 683. The van der Waals surface area contributed by atoms with Gasteiger partial charge >= 0.3 is 5.97 Å². The second-order valence-corrected chi connectivity index (χ2v) is 8.67. The lowest BCUT2D eigenvalue weighted by Crippen LogP contribution is -2.23. The highest BCUT2D eigenvalue weighted by atomic mass is 35.5. The number of carboxylic acid groups (broad SMARTS) is 1. The molecule has 1 aromatic rings. The van der Waals surface area contributed by atoms with Gasteiger partial charge in [0.15, 0.2) is 0 Å². The zero-order valence-corrected chi connectivity index (χ0v) is 17.6. The summed E-state index contributed by atoms with van der Waals surface area (Å²) in [7, 11) is 0. The monoisotopic (exact) mass is 430 g/mol. The number of aryl methyl sites for hydroxylation is 1.